The van der Waals surface area contributed by atoms with Crippen molar-refractivity contribution < 1.29 is 14.0 Å². The molecule has 4 nitrogen and oxygen atoms in total. The van der Waals surface area contributed by atoms with Gasteiger partial charge in [-0.15, -0.1) is 11.8 Å². The average molecular weight is 270 g/mol. The fourth-order valence-electron chi connectivity index (χ4n) is 1.35. The lowest BCUT2D eigenvalue weighted by Crippen LogP contribution is -2.28. The highest BCUT2D eigenvalue weighted by molar-refractivity contribution is 8.00. The zero-order valence-corrected chi connectivity index (χ0v) is 10.9. The number of carbonyl (C=O) groups excluding carboxylic acids is 2. The summed E-state index contributed by atoms with van der Waals surface area (Å²) in [6.07, 6.45) is 0. The van der Waals surface area contributed by atoms with Gasteiger partial charge in [0, 0.05) is 13.6 Å². The third kappa shape index (κ3) is 5.18. The van der Waals surface area contributed by atoms with E-state index < -0.39 is 5.91 Å². The molecule has 0 aliphatic carbocycles. The SMILES string of the molecule is CN(Cc1cccc(F)c1)C(=O)CSCC(N)=O. The number of nitrogens with two attached hydrogens (primary N) is 1. The Morgan fingerprint density at radius 1 is 1.39 bits per heavy atom. The average Bonchev–Trinajstić information content (AvgIpc) is 2.28. The fourth-order valence-corrected chi connectivity index (χ4v) is 2.04. The van der Waals surface area contributed by atoms with Crippen LogP contribution in [0.3, 0.4) is 0 Å². The molecule has 18 heavy (non-hydrogen) atoms. The second kappa shape index (κ2) is 7.00. The van der Waals surface area contributed by atoms with Gasteiger partial charge in [-0.3, -0.25) is 9.59 Å². The van der Waals surface area contributed by atoms with Gasteiger partial charge in [0.05, 0.1) is 11.5 Å². The van der Waals surface area contributed by atoms with Crippen LogP contribution < -0.4 is 5.73 Å². The number of thioether (sulfide) groups is 1. The van der Waals surface area contributed by atoms with E-state index in [1.54, 1.807) is 19.2 Å². The summed E-state index contributed by atoms with van der Waals surface area (Å²) in [5.41, 5.74) is 5.70. The quantitative estimate of drug-likeness (QED) is 0.839. The Morgan fingerprint density at radius 3 is 2.72 bits per heavy atom. The fraction of sp³-hybridized carbons (Fsp3) is 0.333. The van der Waals surface area contributed by atoms with Crippen molar-refractivity contribution in [3.63, 3.8) is 0 Å². The van der Waals surface area contributed by atoms with Gasteiger partial charge in [-0.25, -0.2) is 4.39 Å². The Morgan fingerprint density at radius 2 is 2.11 bits per heavy atom. The molecule has 2 N–H and O–H groups in total. The second-order valence-corrected chi connectivity index (χ2v) is 4.82. The lowest BCUT2D eigenvalue weighted by atomic mass is 10.2. The van der Waals surface area contributed by atoms with Gasteiger partial charge in [0.2, 0.25) is 11.8 Å². The Hall–Kier alpha value is -1.56. The van der Waals surface area contributed by atoms with E-state index in [1.807, 2.05) is 0 Å². The first-order valence-corrected chi connectivity index (χ1v) is 6.49. The van der Waals surface area contributed by atoms with E-state index in [0.717, 1.165) is 5.56 Å². The van der Waals surface area contributed by atoms with Crippen molar-refractivity contribution in [3.05, 3.63) is 35.6 Å². The first-order valence-electron chi connectivity index (χ1n) is 5.33. The summed E-state index contributed by atoms with van der Waals surface area (Å²) >= 11 is 1.17. The minimum Gasteiger partial charge on any atom is -0.369 e. The number of nitrogens with zero attached hydrogens (tertiary/aromatic N) is 1. The van der Waals surface area contributed by atoms with E-state index in [1.165, 1.54) is 28.8 Å². The summed E-state index contributed by atoms with van der Waals surface area (Å²) in [6.45, 7) is 0.341. The summed E-state index contributed by atoms with van der Waals surface area (Å²) in [5.74, 6) is -0.573. The standard InChI is InChI=1S/C12H15FN2O2S/c1-15(12(17)8-18-7-11(14)16)6-9-3-2-4-10(13)5-9/h2-5H,6-8H2,1H3,(H2,14,16). The van der Waals surface area contributed by atoms with Gasteiger partial charge in [-0.2, -0.15) is 0 Å². The van der Waals surface area contributed by atoms with Crippen LogP contribution in [0.15, 0.2) is 24.3 Å². The van der Waals surface area contributed by atoms with Gasteiger partial charge in [0.25, 0.3) is 0 Å². The first kappa shape index (κ1) is 14.5. The molecule has 0 fully saturated rings. The topological polar surface area (TPSA) is 63.4 Å². The van der Waals surface area contributed by atoms with E-state index in [0.29, 0.717) is 6.54 Å². The van der Waals surface area contributed by atoms with Crippen LogP contribution in [0.5, 0.6) is 0 Å². The molecular formula is C12H15FN2O2S. The molecule has 0 spiro atoms. The summed E-state index contributed by atoms with van der Waals surface area (Å²) < 4.78 is 13.0. The number of halogens is 1. The van der Waals surface area contributed by atoms with Gasteiger partial charge >= 0.3 is 0 Å². The van der Waals surface area contributed by atoms with E-state index >= 15 is 0 Å². The molecule has 98 valence electrons. The van der Waals surface area contributed by atoms with E-state index in [4.69, 9.17) is 5.73 Å². The van der Waals surface area contributed by atoms with Crippen LogP contribution in [-0.2, 0) is 16.1 Å². The maximum Gasteiger partial charge on any atom is 0.232 e. The molecule has 1 aromatic carbocycles. The van der Waals surface area contributed by atoms with Crippen LogP contribution in [0.25, 0.3) is 0 Å². The maximum atomic E-state index is 13.0. The van der Waals surface area contributed by atoms with Gasteiger partial charge < -0.3 is 10.6 Å². The number of rotatable bonds is 6. The van der Waals surface area contributed by atoms with E-state index in [9.17, 15) is 14.0 Å². The summed E-state index contributed by atoms with van der Waals surface area (Å²) in [6, 6.07) is 6.10. The van der Waals surface area contributed by atoms with Gasteiger partial charge in [-0.05, 0) is 17.7 Å². The number of hydrogen-bond acceptors (Lipinski definition) is 3. The van der Waals surface area contributed by atoms with Crippen LogP contribution in [0.2, 0.25) is 0 Å². The Labute approximate surface area is 109 Å². The number of benzene rings is 1. The minimum atomic E-state index is -0.444. The van der Waals surface area contributed by atoms with Crippen LogP contribution >= 0.6 is 11.8 Å². The molecule has 0 unspecified atom stereocenters. The molecular weight excluding hydrogens is 255 g/mol. The molecule has 0 aromatic heterocycles. The van der Waals surface area contributed by atoms with Gasteiger partial charge in [-0.1, -0.05) is 12.1 Å². The van der Waals surface area contributed by atoms with Crippen LogP contribution in [-0.4, -0.2) is 35.3 Å². The van der Waals surface area contributed by atoms with Crippen molar-refractivity contribution in [1.82, 2.24) is 4.90 Å². The number of carbonyl (C=O) groups is 2. The Bertz CT molecular complexity index is 440. The highest BCUT2D eigenvalue weighted by Gasteiger charge is 2.10. The van der Waals surface area contributed by atoms with Crippen molar-refractivity contribution in [2.24, 2.45) is 5.73 Å². The predicted octanol–water partition coefficient (Wildman–Crippen LogP) is 1.00. The van der Waals surface area contributed by atoms with Crippen molar-refractivity contribution in [2.75, 3.05) is 18.6 Å². The largest absolute Gasteiger partial charge is 0.369 e. The van der Waals surface area contributed by atoms with Crippen LogP contribution in [0.4, 0.5) is 4.39 Å². The molecule has 0 bridgehead atoms. The molecule has 0 heterocycles. The smallest absolute Gasteiger partial charge is 0.232 e. The number of primary amides is 1. The minimum absolute atomic E-state index is 0.120. The lowest BCUT2D eigenvalue weighted by Gasteiger charge is -2.16. The van der Waals surface area contributed by atoms with Crippen LogP contribution in [0.1, 0.15) is 5.56 Å². The van der Waals surface area contributed by atoms with E-state index in [-0.39, 0.29) is 23.2 Å². The zero-order valence-electron chi connectivity index (χ0n) is 10.1. The molecule has 0 radical (unpaired) electrons. The third-order valence-electron chi connectivity index (χ3n) is 2.20. The summed E-state index contributed by atoms with van der Waals surface area (Å²) in [5, 5.41) is 0. The molecule has 0 aliphatic heterocycles. The molecule has 2 amide bonds. The number of amides is 2. The van der Waals surface area contributed by atoms with Crippen LogP contribution in [0, 0.1) is 5.82 Å². The van der Waals surface area contributed by atoms with Gasteiger partial charge in [0.15, 0.2) is 0 Å². The molecule has 0 saturated carbocycles. The third-order valence-corrected chi connectivity index (χ3v) is 3.14. The molecule has 1 aromatic rings. The molecule has 0 aliphatic rings. The highest BCUT2D eigenvalue weighted by Crippen LogP contribution is 2.08. The molecule has 0 atom stereocenters. The normalized spacial score (nSPS) is 10.1. The first-order chi connectivity index (χ1) is 8.49. The number of hydrogen-bond donors (Lipinski definition) is 1. The summed E-state index contributed by atoms with van der Waals surface area (Å²) in [4.78, 5) is 23.7. The van der Waals surface area contributed by atoms with Crippen molar-refractivity contribution >= 4 is 23.6 Å². The Balaban J connectivity index is 2.42. The second-order valence-electron chi connectivity index (χ2n) is 3.84. The molecule has 0 saturated heterocycles. The molecule has 1 rings (SSSR count). The van der Waals surface area contributed by atoms with Crippen molar-refractivity contribution in [1.29, 1.82) is 0 Å². The van der Waals surface area contributed by atoms with E-state index in [2.05, 4.69) is 0 Å². The molecule has 6 heteroatoms. The Kier molecular flexibility index (Phi) is 5.64. The van der Waals surface area contributed by atoms with Crippen molar-refractivity contribution in [2.45, 2.75) is 6.54 Å². The summed E-state index contributed by atoms with van der Waals surface area (Å²) in [7, 11) is 1.64. The monoisotopic (exact) mass is 270 g/mol. The maximum absolute atomic E-state index is 13.0. The van der Waals surface area contributed by atoms with Crippen molar-refractivity contribution in [3.8, 4) is 0 Å². The zero-order chi connectivity index (χ0) is 13.5. The van der Waals surface area contributed by atoms with Gasteiger partial charge in [0.1, 0.15) is 5.82 Å². The lowest BCUT2D eigenvalue weighted by molar-refractivity contribution is -0.127. The highest BCUT2D eigenvalue weighted by atomic mass is 32.2. The predicted molar refractivity (Wildman–Crippen MR) is 69.4 cm³/mol.